The van der Waals surface area contributed by atoms with Crippen LogP contribution in [0, 0.1) is 24.4 Å². The second kappa shape index (κ2) is 8.38. The van der Waals surface area contributed by atoms with Crippen molar-refractivity contribution >= 4 is 23.4 Å². The number of nitrogens with zero attached hydrogens (tertiary/aromatic N) is 1. The van der Waals surface area contributed by atoms with Gasteiger partial charge < -0.3 is 11.1 Å². The summed E-state index contributed by atoms with van der Waals surface area (Å²) in [6.45, 7) is 1.44. The molecule has 29 heavy (non-hydrogen) atoms. The number of hydrogen-bond acceptors (Lipinski definition) is 3. The average Bonchev–Trinajstić information content (AvgIpc) is 2.63. The van der Waals surface area contributed by atoms with E-state index in [1.807, 2.05) is 5.32 Å². The Bertz CT molecular complexity index is 991. The molecule has 4 nitrogen and oxygen atoms in total. The lowest BCUT2D eigenvalue weighted by Crippen LogP contribution is -2.22. The Hall–Kier alpha value is -3.30. The fraction of sp³-hybridized carbons (Fsp3) is 0.158. The lowest BCUT2D eigenvalue weighted by Gasteiger charge is -2.14. The van der Waals surface area contributed by atoms with Crippen LogP contribution >= 0.6 is 0 Å². The van der Waals surface area contributed by atoms with Crippen LogP contribution in [0.4, 0.5) is 32.0 Å². The molecule has 0 radical (unpaired) electrons. The summed E-state index contributed by atoms with van der Waals surface area (Å²) in [5, 5.41) is 2.01. The summed E-state index contributed by atoms with van der Waals surface area (Å²) >= 11 is 0. The summed E-state index contributed by atoms with van der Waals surface area (Å²) in [6.07, 6.45) is -4.36. The molecule has 0 aromatic heterocycles. The Kier molecular flexibility index (Phi) is 6.35. The lowest BCUT2D eigenvalue weighted by atomic mass is 10.0. The van der Waals surface area contributed by atoms with Crippen molar-refractivity contribution in [1.82, 2.24) is 0 Å². The van der Waals surface area contributed by atoms with Gasteiger partial charge in [0.25, 0.3) is 5.91 Å². The third-order valence-corrected chi connectivity index (χ3v) is 3.92. The number of aliphatic imine (C=N–C) groups is 1. The predicted molar refractivity (Wildman–Crippen MR) is 97.0 cm³/mol. The zero-order valence-electron chi connectivity index (χ0n) is 15.2. The Morgan fingerprint density at radius 2 is 1.76 bits per heavy atom. The third-order valence-electron chi connectivity index (χ3n) is 3.92. The number of carbonyl (C=O) groups excluding carboxylic acids is 1. The van der Waals surface area contributed by atoms with Gasteiger partial charge in [-0.2, -0.15) is 13.2 Å². The highest BCUT2D eigenvalue weighted by Gasteiger charge is 2.35. The number of nitrogens with two attached hydrogens (primary N) is 1. The van der Waals surface area contributed by atoms with Crippen molar-refractivity contribution in [3.63, 3.8) is 0 Å². The van der Waals surface area contributed by atoms with Crippen molar-refractivity contribution in [2.24, 2.45) is 10.7 Å². The summed E-state index contributed by atoms with van der Waals surface area (Å²) in [5.74, 6) is -5.24. The maximum atomic E-state index is 14.5. The van der Waals surface area contributed by atoms with Crippen LogP contribution in [0.15, 0.2) is 41.0 Å². The molecule has 3 N–H and O–H groups in total. The van der Waals surface area contributed by atoms with E-state index >= 15 is 0 Å². The smallest absolute Gasteiger partial charge is 0.394 e. The number of rotatable bonds is 4. The summed E-state index contributed by atoms with van der Waals surface area (Å²) in [6, 6.07) is 5.47. The number of amides is 1. The zero-order chi connectivity index (χ0) is 21.9. The minimum absolute atomic E-state index is 0.252. The second-order valence-electron chi connectivity index (χ2n) is 5.89. The first-order valence-electron chi connectivity index (χ1n) is 8.03. The number of aryl methyl sites for hydroxylation is 1. The number of hydrogen-bond donors (Lipinski definition) is 2. The Balaban J connectivity index is 2.50. The first-order valence-corrected chi connectivity index (χ1v) is 8.03. The fourth-order valence-corrected chi connectivity index (χ4v) is 2.52. The summed E-state index contributed by atoms with van der Waals surface area (Å²) in [7, 11) is 1.13. The first kappa shape index (κ1) is 22.0. The largest absolute Gasteiger partial charge is 0.431 e. The number of carbonyl (C=O) groups is 1. The van der Waals surface area contributed by atoms with E-state index in [2.05, 4.69) is 4.99 Å². The minimum atomic E-state index is -5.01. The van der Waals surface area contributed by atoms with Gasteiger partial charge in [-0.25, -0.2) is 13.2 Å². The van der Waals surface area contributed by atoms with E-state index in [0.717, 1.165) is 25.2 Å². The molecule has 154 valence electrons. The molecule has 0 bridgehead atoms. The maximum Gasteiger partial charge on any atom is 0.431 e. The topological polar surface area (TPSA) is 67.5 Å². The third kappa shape index (κ3) is 4.58. The van der Waals surface area contributed by atoms with Crippen LogP contribution in [-0.4, -0.2) is 25.3 Å². The molecule has 2 aromatic rings. The molecular formula is C19H15F6N3O. The SMILES string of the molecule is CN=C/C(=C(\N)C(F)(F)F)c1ccc(NC(=O)c2c(C)cccc2F)c(F)c1F. The van der Waals surface area contributed by atoms with Crippen LogP contribution in [0.2, 0.25) is 0 Å². The summed E-state index contributed by atoms with van der Waals surface area (Å²) < 4.78 is 81.5. The van der Waals surface area contributed by atoms with Gasteiger partial charge >= 0.3 is 6.18 Å². The second-order valence-corrected chi connectivity index (χ2v) is 5.89. The molecule has 0 fully saturated rings. The highest BCUT2D eigenvalue weighted by molar-refractivity contribution is 6.11. The lowest BCUT2D eigenvalue weighted by molar-refractivity contribution is -0.0918. The van der Waals surface area contributed by atoms with Crippen molar-refractivity contribution in [3.05, 3.63) is 70.2 Å². The highest BCUT2D eigenvalue weighted by atomic mass is 19.4. The van der Waals surface area contributed by atoms with Crippen molar-refractivity contribution < 1.29 is 31.1 Å². The summed E-state index contributed by atoms with van der Waals surface area (Å²) in [4.78, 5) is 15.6. The van der Waals surface area contributed by atoms with Crippen LogP contribution in [0.3, 0.4) is 0 Å². The van der Waals surface area contributed by atoms with Crippen LogP contribution in [0.5, 0.6) is 0 Å². The van der Waals surface area contributed by atoms with Crippen LogP contribution in [0.1, 0.15) is 21.5 Å². The predicted octanol–water partition coefficient (Wildman–Crippen LogP) is 4.60. The van der Waals surface area contributed by atoms with Crippen molar-refractivity contribution in [2.45, 2.75) is 13.1 Å². The van der Waals surface area contributed by atoms with E-state index in [9.17, 15) is 31.1 Å². The van der Waals surface area contributed by atoms with E-state index in [0.29, 0.717) is 6.21 Å². The van der Waals surface area contributed by atoms with Gasteiger partial charge in [-0.1, -0.05) is 12.1 Å². The first-order chi connectivity index (χ1) is 13.5. The van der Waals surface area contributed by atoms with Gasteiger partial charge in [0, 0.05) is 24.4 Å². The van der Waals surface area contributed by atoms with Gasteiger partial charge in [0.1, 0.15) is 11.5 Å². The molecule has 2 aromatic carbocycles. The van der Waals surface area contributed by atoms with E-state index in [4.69, 9.17) is 5.73 Å². The number of anilines is 1. The van der Waals surface area contributed by atoms with Crippen LogP contribution in [-0.2, 0) is 0 Å². The molecule has 0 spiro atoms. The molecule has 0 unspecified atom stereocenters. The molecule has 10 heteroatoms. The van der Waals surface area contributed by atoms with Gasteiger partial charge in [0.2, 0.25) is 0 Å². The molecule has 2 rings (SSSR count). The van der Waals surface area contributed by atoms with Crippen molar-refractivity contribution in [3.8, 4) is 0 Å². The van der Waals surface area contributed by atoms with E-state index in [-0.39, 0.29) is 11.1 Å². The van der Waals surface area contributed by atoms with Gasteiger partial charge in [-0.3, -0.25) is 9.79 Å². The van der Waals surface area contributed by atoms with Crippen LogP contribution < -0.4 is 11.1 Å². The standard InChI is InChI=1S/C19H15F6N3O/c1-9-4-3-5-12(20)14(9)18(29)28-13-7-6-10(15(21)16(13)22)11(8-27-2)17(26)19(23,24)25/h3-8H,26H2,1-2H3,(H,28,29)/b17-11+,27-8?. The van der Waals surface area contributed by atoms with E-state index in [1.54, 1.807) is 0 Å². The average molecular weight is 415 g/mol. The molecule has 0 heterocycles. The quantitative estimate of drug-likeness (QED) is 0.566. The highest BCUT2D eigenvalue weighted by Crippen LogP contribution is 2.32. The minimum Gasteiger partial charge on any atom is -0.394 e. The zero-order valence-corrected chi connectivity index (χ0v) is 15.2. The molecule has 0 aliphatic heterocycles. The van der Waals surface area contributed by atoms with Crippen LogP contribution in [0.25, 0.3) is 5.57 Å². The Morgan fingerprint density at radius 3 is 2.31 bits per heavy atom. The van der Waals surface area contributed by atoms with Gasteiger partial charge in [-0.05, 0) is 30.7 Å². The molecular weight excluding hydrogens is 400 g/mol. The molecule has 0 aliphatic rings. The Labute approximate surface area is 161 Å². The number of benzene rings is 2. The molecule has 0 saturated carbocycles. The molecule has 0 atom stereocenters. The summed E-state index contributed by atoms with van der Waals surface area (Å²) in [5.41, 5.74) is 0.869. The van der Waals surface area contributed by atoms with Gasteiger partial charge in [0.15, 0.2) is 11.6 Å². The molecule has 0 saturated heterocycles. The number of halogens is 6. The molecule has 0 aliphatic carbocycles. The number of allylic oxidation sites excluding steroid dienone is 2. The normalized spacial score (nSPS) is 12.8. The number of alkyl halides is 3. The molecule has 1 amide bonds. The maximum absolute atomic E-state index is 14.5. The van der Waals surface area contributed by atoms with Gasteiger partial charge in [-0.15, -0.1) is 0 Å². The fourth-order valence-electron chi connectivity index (χ4n) is 2.52. The van der Waals surface area contributed by atoms with Crippen molar-refractivity contribution in [1.29, 1.82) is 0 Å². The number of nitrogens with one attached hydrogen (secondary N) is 1. The Morgan fingerprint density at radius 1 is 1.10 bits per heavy atom. The monoisotopic (exact) mass is 415 g/mol. The van der Waals surface area contributed by atoms with Gasteiger partial charge in [0.05, 0.1) is 11.3 Å². The van der Waals surface area contributed by atoms with E-state index in [1.165, 1.54) is 19.1 Å². The van der Waals surface area contributed by atoms with E-state index < -0.39 is 52.1 Å². The van der Waals surface area contributed by atoms with Crippen molar-refractivity contribution in [2.75, 3.05) is 12.4 Å².